The molecule has 0 fully saturated rings. The van der Waals surface area contributed by atoms with E-state index in [1.807, 2.05) is 24.3 Å². The minimum absolute atomic E-state index is 0.0223. The Morgan fingerprint density at radius 2 is 1.63 bits per heavy atom. The van der Waals surface area contributed by atoms with Crippen LogP contribution >= 0.6 is 0 Å². The van der Waals surface area contributed by atoms with Gasteiger partial charge in [0.1, 0.15) is 5.69 Å². The van der Waals surface area contributed by atoms with Gasteiger partial charge >= 0.3 is 0 Å². The minimum atomic E-state index is -0.780. The van der Waals surface area contributed by atoms with Gasteiger partial charge < -0.3 is 5.32 Å². The first-order valence-corrected chi connectivity index (χ1v) is 8.10. The van der Waals surface area contributed by atoms with Crippen LogP contribution in [0.1, 0.15) is 31.9 Å². The van der Waals surface area contributed by atoms with E-state index in [0.717, 1.165) is 29.3 Å². The summed E-state index contributed by atoms with van der Waals surface area (Å²) in [6.07, 6.45) is 2.83. The van der Waals surface area contributed by atoms with Crippen LogP contribution in [-0.2, 0) is 10.2 Å². The van der Waals surface area contributed by atoms with Crippen molar-refractivity contribution in [2.45, 2.75) is 26.2 Å². The van der Waals surface area contributed by atoms with E-state index in [2.05, 4.69) is 26.1 Å². The molecule has 0 aliphatic carbocycles. The number of carbonyl (C=O) groups is 1. The fourth-order valence-corrected chi connectivity index (χ4v) is 2.33. The number of carbonyl (C=O) groups excluding carboxylic acids is 1. The van der Waals surface area contributed by atoms with E-state index < -0.39 is 27.1 Å². The highest BCUT2D eigenvalue weighted by Gasteiger charge is 2.20. The first-order chi connectivity index (χ1) is 12.6. The summed E-state index contributed by atoms with van der Waals surface area (Å²) in [7, 11) is 0. The van der Waals surface area contributed by atoms with Crippen molar-refractivity contribution in [2.75, 3.05) is 5.32 Å². The van der Waals surface area contributed by atoms with Gasteiger partial charge in [-0.3, -0.25) is 25.0 Å². The molecule has 2 aromatic rings. The van der Waals surface area contributed by atoms with Crippen molar-refractivity contribution in [3.05, 3.63) is 79.9 Å². The normalized spacial score (nSPS) is 11.4. The molecule has 0 bridgehead atoms. The van der Waals surface area contributed by atoms with Crippen LogP contribution in [0.15, 0.2) is 48.5 Å². The first kappa shape index (κ1) is 19.8. The fraction of sp³-hybridized carbons (Fsp3) is 0.211. The molecule has 0 heterocycles. The van der Waals surface area contributed by atoms with Crippen LogP contribution in [0.4, 0.5) is 17.1 Å². The number of nitro groups is 2. The Labute approximate surface area is 155 Å². The Kier molecular flexibility index (Phi) is 5.69. The van der Waals surface area contributed by atoms with Crippen molar-refractivity contribution in [1.82, 2.24) is 0 Å². The van der Waals surface area contributed by atoms with Crippen molar-refractivity contribution < 1.29 is 14.6 Å². The number of non-ortho nitro benzene ring substituents is 1. The lowest BCUT2D eigenvalue weighted by Gasteiger charge is -2.18. The summed E-state index contributed by atoms with van der Waals surface area (Å²) in [6, 6.07) is 10.7. The van der Waals surface area contributed by atoms with Gasteiger partial charge in [0.15, 0.2) is 0 Å². The molecular weight excluding hydrogens is 350 g/mol. The maximum absolute atomic E-state index is 12.1. The summed E-state index contributed by atoms with van der Waals surface area (Å²) in [6.45, 7) is 6.30. The van der Waals surface area contributed by atoms with Gasteiger partial charge in [-0.1, -0.05) is 45.0 Å². The standard InChI is InChI=1S/C19H19N3O5/c1-19(2,3)14-7-4-13(5-8-14)6-11-18(23)20-16-10-9-15(21(24)25)12-17(16)22(26)27/h4-12H,1-3H3,(H,20,23)/b11-6+. The quantitative estimate of drug-likeness (QED) is 0.475. The van der Waals surface area contributed by atoms with Gasteiger partial charge in [0.2, 0.25) is 5.91 Å². The second kappa shape index (κ2) is 7.77. The molecule has 0 unspecified atom stereocenters. The van der Waals surface area contributed by atoms with Gasteiger partial charge in [-0.15, -0.1) is 0 Å². The molecule has 2 aromatic carbocycles. The topological polar surface area (TPSA) is 115 Å². The number of hydrogen-bond acceptors (Lipinski definition) is 5. The van der Waals surface area contributed by atoms with Crippen LogP contribution < -0.4 is 5.32 Å². The van der Waals surface area contributed by atoms with Gasteiger partial charge in [-0.05, 0) is 28.7 Å². The van der Waals surface area contributed by atoms with Crippen LogP contribution in [0.2, 0.25) is 0 Å². The third-order valence-corrected chi connectivity index (χ3v) is 3.85. The number of amides is 1. The highest BCUT2D eigenvalue weighted by Crippen LogP contribution is 2.29. The molecule has 0 spiro atoms. The molecule has 27 heavy (non-hydrogen) atoms. The number of anilines is 1. The molecule has 0 aliphatic rings. The summed E-state index contributed by atoms with van der Waals surface area (Å²) >= 11 is 0. The van der Waals surface area contributed by atoms with Crippen LogP contribution in [-0.4, -0.2) is 15.8 Å². The highest BCUT2D eigenvalue weighted by molar-refractivity contribution is 6.03. The van der Waals surface area contributed by atoms with E-state index in [4.69, 9.17) is 0 Å². The predicted octanol–water partition coefficient (Wildman–Crippen LogP) is 4.45. The minimum Gasteiger partial charge on any atom is -0.317 e. The molecule has 0 aliphatic heterocycles. The summed E-state index contributed by atoms with van der Waals surface area (Å²) in [5.41, 5.74) is 0.911. The number of nitrogens with zero attached hydrogens (tertiary/aromatic N) is 2. The van der Waals surface area contributed by atoms with Gasteiger partial charge in [0, 0.05) is 12.1 Å². The van der Waals surface area contributed by atoms with Gasteiger partial charge in [-0.2, -0.15) is 0 Å². The zero-order valence-electron chi connectivity index (χ0n) is 15.1. The van der Waals surface area contributed by atoms with Crippen LogP contribution in [0.5, 0.6) is 0 Å². The van der Waals surface area contributed by atoms with E-state index in [1.165, 1.54) is 6.08 Å². The van der Waals surface area contributed by atoms with Crippen LogP contribution in [0.25, 0.3) is 6.08 Å². The van der Waals surface area contributed by atoms with Crippen molar-refractivity contribution in [1.29, 1.82) is 0 Å². The molecule has 0 saturated heterocycles. The largest absolute Gasteiger partial charge is 0.317 e. The zero-order valence-corrected chi connectivity index (χ0v) is 15.1. The second-order valence-corrected chi connectivity index (χ2v) is 6.91. The smallest absolute Gasteiger partial charge is 0.299 e. The van der Waals surface area contributed by atoms with Crippen LogP contribution in [0.3, 0.4) is 0 Å². The molecule has 1 amide bonds. The van der Waals surface area contributed by atoms with E-state index in [1.54, 1.807) is 6.08 Å². The van der Waals surface area contributed by atoms with E-state index in [9.17, 15) is 25.0 Å². The average Bonchev–Trinajstić information content (AvgIpc) is 2.59. The monoisotopic (exact) mass is 369 g/mol. The summed E-state index contributed by atoms with van der Waals surface area (Å²) < 4.78 is 0. The molecule has 0 radical (unpaired) electrons. The number of nitro benzene ring substituents is 2. The Bertz CT molecular complexity index is 912. The van der Waals surface area contributed by atoms with Gasteiger partial charge in [0.25, 0.3) is 11.4 Å². The van der Waals surface area contributed by atoms with Crippen molar-refractivity contribution in [2.24, 2.45) is 0 Å². The summed E-state index contributed by atoms with van der Waals surface area (Å²) in [5.74, 6) is -0.577. The van der Waals surface area contributed by atoms with Gasteiger partial charge in [0.05, 0.1) is 15.9 Å². The Morgan fingerprint density at radius 1 is 1.00 bits per heavy atom. The SMILES string of the molecule is CC(C)(C)c1ccc(/C=C/C(=O)Nc2ccc([N+](=O)[O-])cc2[N+](=O)[O-])cc1. The number of nitrogens with one attached hydrogen (secondary N) is 1. The second-order valence-electron chi connectivity index (χ2n) is 6.91. The molecule has 2 rings (SSSR count). The molecule has 8 heteroatoms. The summed E-state index contributed by atoms with van der Waals surface area (Å²) in [4.78, 5) is 32.4. The molecule has 1 N–H and O–H groups in total. The lowest BCUT2D eigenvalue weighted by Crippen LogP contribution is -2.10. The zero-order chi connectivity index (χ0) is 20.2. The maximum Gasteiger partial charge on any atom is 0.299 e. The maximum atomic E-state index is 12.1. The molecule has 0 saturated carbocycles. The lowest BCUT2D eigenvalue weighted by atomic mass is 9.87. The van der Waals surface area contributed by atoms with Crippen molar-refractivity contribution in [3.63, 3.8) is 0 Å². The third kappa shape index (κ3) is 5.21. The molecule has 0 aromatic heterocycles. The molecule has 8 nitrogen and oxygen atoms in total. The first-order valence-electron chi connectivity index (χ1n) is 8.10. The third-order valence-electron chi connectivity index (χ3n) is 3.85. The molecule has 140 valence electrons. The van der Waals surface area contributed by atoms with E-state index in [-0.39, 0.29) is 11.1 Å². The lowest BCUT2D eigenvalue weighted by molar-refractivity contribution is -0.393. The molecule has 0 atom stereocenters. The number of hydrogen-bond donors (Lipinski definition) is 1. The number of rotatable bonds is 5. The van der Waals surface area contributed by atoms with Crippen molar-refractivity contribution >= 4 is 29.0 Å². The van der Waals surface area contributed by atoms with Crippen LogP contribution in [0, 0.1) is 20.2 Å². The summed E-state index contributed by atoms with van der Waals surface area (Å²) in [5, 5.41) is 24.2. The Balaban J connectivity index is 2.14. The Morgan fingerprint density at radius 3 is 2.15 bits per heavy atom. The van der Waals surface area contributed by atoms with E-state index in [0.29, 0.717) is 0 Å². The highest BCUT2D eigenvalue weighted by atomic mass is 16.6. The van der Waals surface area contributed by atoms with Crippen molar-refractivity contribution in [3.8, 4) is 0 Å². The predicted molar refractivity (Wildman–Crippen MR) is 103 cm³/mol. The number of benzene rings is 2. The average molecular weight is 369 g/mol. The van der Waals surface area contributed by atoms with E-state index >= 15 is 0 Å². The fourth-order valence-electron chi connectivity index (χ4n) is 2.33. The Hall–Kier alpha value is -3.55. The molecular formula is C19H19N3O5. The van der Waals surface area contributed by atoms with Gasteiger partial charge in [-0.25, -0.2) is 0 Å².